The summed E-state index contributed by atoms with van der Waals surface area (Å²) >= 11 is 1.40. The topological polar surface area (TPSA) is 77.0 Å². The molecule has 30 heavy (non-hydrogen) atoms. The second-order valence-electron chi connectivity index (χ2n) is 6.63. The molecule has 0 aliphatic heterocycles. The van der Waals surface area contributed by atoms with E-state index >= 15 is 0 Å². The maximum absolute atomic E-state index is 12.9. The highest BCUT2D eigenvalue weighted by atomic mass is 32.1. The number of carbonyl (C=O) groups excluding carboxylic acids is 1. The van der Waals surface area contributed by atoms with Crippen LogP contribution in [-0.4, -0.2) is 20.9 Å². The number of hydrogen-bond acceptors (Lipinski definition) is 6. The van der Waals surface area contributed by atoms with Gasteiger partial charge in [-0.15, -0.1) is 11.3 Å². The molecule has 7 heteroatoms. The first-order valence-corrected chi connectivity index (χ1v) is 10.3. The van der Waals surface area contributed by atoms with Crippen molar-refractivity contribution in [3.63, 3.8) is 0 Å². The molecule has 3 aromatic heterocycles. The van der Waals surface area contributed by atoms with Gasteiger partial charge in [0, 0.05) is 25.0 Å². The summed E-state index contributed by atoms with van der Waals surface area (Å²) in [6.45, 7) is 2.21. The minimum Gasteiger partial charge on any atom is -0.485 e. The molecule has 3 heterocycles. The first-order valence-electron chi connectivity index (χ1n) is 9.47. The molecule has 0 bridgehead atoms. The molecule has 0 aliphatic rings. The van der Waals surface area contributed by atoms with E-state index in [1.807, 2.05) is 37.3 Å². The summed E-state index contributed by atoms with van der Waals surface area (Å²) in [6, 6.07) is 17.4. The Morgan fingerprint density at radius 3 is 2.60 bits per heavy atom. The number of benzene rings is 1. The van der Waals surface area contributed by atoms with Crippen molar-refractivity contribution in [3.8, 4) is 5.75 Å². The minimum atomic E-state index is -0.239. The van der Waals surface area contributed by atoms with Gasteiger partial charge >= 0.3 is 0 Å². The number of hydrogen-bond donors (Lipinski definition) is 1. The Morgan fingerprint density at radius 2 is 1.80 bits per heavy atom. The van der Waals surface area contributed by atoms with E-state index in [9.17, 15) is 4.79 Å². The van der Waals surface area contributed by atoms with E-state index in [0.29, 0.717) is 35.2 Å². The lowest BCUT2D eigenvalue weighted by molar-refractivity contribution is 0.102. The van der Waals surface area contributed by atoms with E-state index in [2.05, 4.69) is 32.4 Å². The first kappa shape index (κ1) is 19.7. The molecule has 0 fully saturated rings. The van der Waals surface area contributed by atoms with Crippen LogP contribution in [0.15, 0.2) is 73.2 Å². The lowest BCUT2D eigenvalue weighted by atomic mass is 10.2. The number of ether oxygens (including phenoxy) is 1. The molecule has 0 aliphatic carbocycles. The highest BCUT2D eigenvalue weighted by Gasteiger charge is 2.18. The lowest BCUT2D eigenvalue weighted by Crippen LogP contribution is -2.14. The van der Waals surface area contributed by atoms with Crippen LogP contribution in [0.3, 0.4) is 0 Å². The van der Waals surface area contributed by atoms with Gasteiger partial charge in [0.05, 0.1) is 10.7 Å². The smallest absolute Gasteiger partial charge is 0.268 e. The summed E-state index contributed by atoms with van der Waals surface area (Å²) in [6.07, 6.45) is 5.74. The highest BCUT2D eigenvalue weighted by molar-refractivity contribution is 7.14. The number of aryl methyl sites for hydroxylation is 1. The van der Waals surface area contributed by atoms with Crippen LogP contribution < -0.4 is 10.1 Å². The summed E-state index contributed by atoms with van der Waals surface area (Å²) in [5.74, 6) is 0.653. The Labute approximate surface area is 178 Å². The molecule has 6 nitrogen and oxygen atoms in total. The molecule has 1 N–H and O–H groups in total. The Morgan fingerprint density at radius 1 is 1.00 bits per heavy atom. The van der Waals surface area contributed by atoms with Gasteiger partial charge in [0.2, 0.25) is 0 Å². The van der Waals surface area contributed by atoms with Gasteiger partial charge in [-0.2, -0.15) is 0 Å². The predicted molar refractivity (Wildman–Crippen MR) is 117 cm³/mol. The van der Waals surface area contributed by atoms with Crippen LogP contribution in [0.4, 0.5) is 5.82 Å². The zero-order valence-electron chi connectivity index (χ0n) is 16.4. The number of nitrogens with zero attached hydrogens (tertiary/aromatic N) is 3. The minimum absolute atomic E-state index is 0.239. The standard InChI is InChI=1S/C23H20N4O2S/c1-16-21(30-20(26-16)14-17-6-3-2-4-7-17)23(28)27-22-19(8-5-11-25-22)29-15-18-9-12-24-13-10-18/h2-13H,14-15H2,1H3,(H,25,27,28). The van der Waals surface area contributed by atoms with Crippen LogP contribution in [0.2, 0.25) is 0 Å². The van der Waals surface area contributed by atoms with Gasteiger partial charge in [0.25, 0.3) is 5.91 Å². The van der Waals surface area contributed by atoms with Crippen molar-refractivity contribution in [1.29, 1.82) is 0 Å². The molecule has 0 unspecified atom stereocenters. The fraction of sp³-hybridized carbons (Fsp3) is 0.130. The summed E-state index contributed by atoms with van der Waals surface area (Å²) in [5, 5.41) is 3.77. The maximum Gasteiger partial charge on any atom is 0.268 e. The number of aromatic nitrogens is 3. The van der Waals surface area contributed by atoms with Gasteiger partial charge in [-0.25, -0.2) is 9.97 Å². The van der Waals surface area contributed by atoms with Crippen LogP contribution in [0, 0.1) is 6.92 Å². The number of pyridine rings is 2. The van der Waals surface area contributed by atoms with Crippen LogP contribution in [0.1, 0.15) is 31.5 Å². The Hall–Kier alpha value is -3.58. The van der Waals surface area contributed by atoms with Gasteiger partial charge < -0.3 is 10.1 Å². The Balaban J connectivity index is 1.46. The molecular formula is C23H20N4O2S. The van der Waals surface area contributed by atoms with Gasteiger partial charge in [0.15, 0.2) is 11.6 Å². The molecule has 0 radical (unpaired) electrons. The van der Waals surface area contributed by atoms with Crippen molar-refractivity contribution in [2.24, 2.45) is 0 Å². The molecular weight excluding hydrogens is 396 g/mol. The summed E-state index contributed by atoms with van der Waals surface area (Å²) in [7, 11) is 0. The molecule has 4 aromatic rings. The van der Waals surface area contributed by atoms with E-state index in [1.54, 1.807) is 30.7 Å². The number of nitrogens with one attached hydrogen (secondary N) is 1. The molecule has 1 amide bonds. The maximum atomic E-state index is 12.9. The van der Waals surface area contributed by atoms with E-state index < -0.39 is 0 Å². The summed E-state index contributed by atoms with van der Waals surface area (Å²) < 4.78 is 5.86. The quantitative estimate of drug-likeness (QED) is 0.474. The number of rotatable bonds is 7. The molecule has 1 aromatic carbocycles. The third-order valence-corrected chi connectivity index (χ3v) is 5.55. The van der Waals surface area contributed by atoms with E-state index in [4.69, 9.17) is 4.74 Å². The third kappa shape index (κ3) is 4.87. The largest absolute Gasteiger partial charge is 0.485 e. The fourth-order valence-corrected chi connectivity index (χ4v) is 3.91. The number of carbonyl (C=O) groups is 1. The molecule has 0 atom stereocenters. The molecule has 0 spiro atoms. The predicted octanol–water partition coefficient (Wildman–Crippen LogP) is 4.66. The molecule has 150 valence electrons. The van der Waals surface area contributed by atoms with Gasteiger partial charge in [-0.05, 0) is 42.3 Å². The molecule has 0 saturated heterocycles. The van der Waals surface area contributed by atoms with E-state index in [1.165, 1.54) is 11.3 Å². The Bertz CT molecular complexity index is 1130. The first-order chi connectivity index (χ1) is 14.7. The summed E-state index contributed by atoms with van der Waals surface area (Å²) in [5.41, 5.74) is 2.85. The van der Waals surface area contributed by atoms with Crippen molar-refractivity contribution >= 4 is 23.1 Å². The SMILES string of the molecule is Cc1nc(Cc2ccccc2)sc1C(=O)Nc1ncccc1OCc1ccncc1. The number of anilines is 1. The van der Waals surface area contributed by atoms with Crippen molar-refractivity contribution in [2.45, 2.75) is 20.0 Å². The van der Waals surface area contributed by atoms with Gasteiger partial charge in [-0.1, -0.05) is 30.3 Å². The van der Waals surface area contributed by atoms with Crippen LogP contribution in [0.25, 0.3) is 0 Å². The second-order valence-corrected chi connectivity index (χ2v) is 7.72. The fourth-order valence-electron chi connectivity index (χ4n) is 2.91. The number of thiazole rings is 1. The van der Waals surface area contributed by atoms with Crippen molar-refractivity contribution in [3.05, 3.63) is 99.9 Å². The van der Waals surface area contributed by atoms with Gasteiger partial charge in [-0.3, -0.25) is 9.78 Å². The van der Waals surface area contributed by atoms with Crippen molar-refractivity contribution < 1.29 is 9.53 Å². The van der Waals surface area contributed by atoms with Crippen LogP contribution in [-0.2, 0) is 13.0 Å². The van der Waals surface area contributed by atoms with Crippen molar-refractivity contribution in [1.82, 2.24) is 15.0 Å². The Kier molecular flexibility index (Phi) is 6.10. The van der Waals surface area contributed by atoms with Crippen LogP contribution >= 0.6 is 11.3 Å². The normalized spacial score (nSPS) is 10.6. The lowest BCUT2D eigenvalue weighted by Gasteiger charge is -2.11. The van der Waals surface area contributed by atoms with E-state index in [-0.39, 0.29) is 5.91 Å². The highest BCUT2D eigenvalue weighted by Crippen LogP contribution is 2.26. The average Bonchev–Trinajstić information content (AvgIpc) is 3.14. The average molecular weight is 417 g/mol. The van der Waals surface area contributed by atoms with Crippen molar-refractivity contribution in [2.75, 3.05) is 5.32 Å². The molecule has 4 rings (SSSR count). The summed E-state index contributed by atoms with van der Waals surface area (Å²) in [4.78, 5) is 26.3. The zero-order valence-corrected chi connectivity index (χ0v) is 17.2. The monoisotopic (exact) mass is 416 g/mol. The second kappa shape index (κ2) is 9.28. The van der Waals surface area contributed by atoms with Gasteiger partial charge in [0.1, 0.15) is 11.5 Å². The van der Waals surface area contributed by atoms with E-state index in [0.717, 1.165) is 16.1 Å². The zero-order chi connectivity index (χ0) is 20.8. The third-order valence-electron chi connectivity index (χ3n) is 4.39. The molecule has 0 saturated carbocycles. The van der Waals surface area contributed by atoms with Crippen LogP contribution in [0.5, 0.6) is 5.75 Å². The number of amides is 1.